The fraction of sp³-hybridized carbons (Fsp3) is 0.549. The van der Waals surface area contributed by atoms with Crippen molar-refractivity contribution in [3.8, 4) is 0 Å². The summed E-state index contributed by atoms with van der Waals surface area (Å²) in [5.41, 5.74) is 3.78. The standard InChI is InChI=1S/C36H52N2O9.C35H50N2O9/c1-6-30(28-14-10-8-11-15-28)32(26(4)35(41)42)34(40)37-18-19-46-24-47-21-20-45-22-25(3)38(23-39)33(27(5)36(43)44)31(7-2)29-16-12-9-13-17-29;1-6-29(27-14-10-8-11-15-27)31(25(4)34(40)41)33(39)36-21-44-18-19-45-23-46-20-24(3)37(22-38)32(26(5)35(42)43)30(7-2)28-16-12-9-13-17-28/h8-17,23,25-27,30-33H,6-7,18-22,24H2,1-5H3,(H,37,40)(H,41,42)(H,43,44);8-17,22,24-26,29-32H,6-7,18-21,23H2,1-5H3,(H,36,39)(H,40,41)(H,42,43). The molecule has 0 saturated heterocycles. The van der Waals surface area contributed by atoms with Crippen LogP contribution in [0, 0.1) is 35.5 Å². The Balaban J connectivity index is 0.000000485. The molecule has 22 nitrogen and oxygen atoms in total. The van der Waals surface area contributed by atoms with E-state index in [-0.39, 0.29) is 109 Å². The molecule has 22 heteroatoms. The molecule has 4 aromatic rings. The summed E-state index contributed by atoms with van der Waals surface area (Å²) in [7, 11) is 0. The van der Waals surface area contributed by atoms with Crippen molar-refractivity contribution in [1.29, 1.82) is 0 Å². The summed E-state index contributed by atoms with van der Waals surface area (Å²) >= 11 is 0. The number of carbonyl (C=O) groups is 8. The van der Waals surface area contributed by atoms with Gasteiger partial charge in [0.2, 0.25) is 24.6 Å². The van der Waals surface area contributed by atoms with Gasteiger partial charge in [-0.1, -0.05) is 163 Å². The fourth-order valence-electron chi connectivity index (χ4n) is 12.1. The lowest BCUT2D eigenvalue weighted by Gasteiger charge is -2.40. The number of hydrogen-bond donors (Lipinski definition) is 6. The molecule has 0 bridgehead atoms. The van der Waals surface area contributed by atoms with E-state index in [0.29, 0.717) is 38.5 Å². The highest BCUT2D eigenvalue weighted by Crippen LogP contribution is 2.37. The first kappa shape index (κ1) is 79.6. The van der Waals surface area contributed by atoms with E-state index in [0.717, 1.165) is 22.3 Å². The van der Waals surface area contributed by atoms with E-state index in [1.165, 1.54) is 4.90 Å². The van der Waals surface area contributed by atoms with Gasteiger partial charge in [-0.25, -0.2) is 0 Å². The number of carboxylic acid groups (broad SMARTS) is 4. The van der Waals surface area contributed by atoms with Gasteiger partial charge in [-0.15, -0.1) is 0 Å². The second-order valence-corrected chi connectivity index (χ2v) is 23.3. The second-order valence-electron chi connectivity index (χ2n) is 23.3. The zero-order valence-corrected chi connectivity index (χ0v) is 55.8. The van der Waals surface area contributed by atoms with Gasteiger partial charge in [0.05, 0.1) is 106 Å². The van der Waals surface area contributed by atoms with Gasteiger partial charge in [0.15, 0.2) is 0 Å². The maximum atomic E-state index is 13.1. The highest BCUT2D eigenvalue weighted by molar-refractivity contribution is 5.86. The summed E-state index contributed by atoms with van der Waals surface area (Å²) < 4.78 is 33.3. The average Bonchev–Trinajstić information content (AvgIpc) is 0.966. The number of ether oxygens (including phenoxy) is 6. The molecular weight excluding hydrogens is 1200 g/mol. The molecule has 0 fully saturated rings. The van der Waals surface area contributed by atoms with E-state index in [1.807, 2.05) is 156 Å². The van der Waals surface area contributed by atoms with Crippen LogP contribution in [0.2, 0.25) is 0 Å². The van der Waals surface area contributed by atoms with Crippen molar-refractivity contribution < 1.29 is 87.2 Å². The van der Waals surface area contributed by atoms with Gasteiger partial charge in [0.1, 0.15) is 20.3 Å². The van der Waals surface area contributed by atoms with Crippen molar-refractivity contribution in [2.24, 2.45) is 35.5 Å². The summed E-state index contributed by atoms with van der Waals surface area (Å²) in [4.78, 5) is 101. The van der Waals surface area contributed by atoms with Crippen LogP contribution >= 0.6 is 0 Å². The molecule has 0 spiro atoms. The highest BCUT2D eigenvalue weighted by atomic mass is 16.7. The third kappa shape index (κ3) is 25.7. The average molecular weight is 1300 g/mol. The zero-order valence-electron chi connectivity index (χ0n) is 55.8. The minimum atomic E-state index is -1.04. The molecule has 4 amide bonds. The first-order valence-corrected chi connectivity index (χ1v) is 32.2. The molecular formula is C71H102N4O18. The third-order valence-electron chi connectivity index (χ3n) is 17.3. The van der Waals surface area contributed by atoms with Crippen LogP contribution in [0.1, 0.15) is 141 Å². The van der Waals surface area contributed by atoms with Gasteiger partial charge in [-0.05, 0) is 87.5 Å². The monoisotopic (exact) mass is 1300 g/mol. The van der Waals surface area contributed by atoms with Crippen molar-refractivity contribution >= 4 is 48.5 Å². The second kappa shape index (κ2) is 44.1. The van der Waals surface area contributed by atoms with Gasteiger partial charge < -0.3 is 69.3 Å². The molecule has 0 saturated carbocycles. The molecule has 14 unspecified atom stereocenters. The molecule has 4 rings (SSSR count). The minimum Gasteiger partial charge on any atom is -0.481 e. The van der Waals surface area contributed by atoms with Gasteiger partial charge in [-0.3, -0.25) is 38.4 Å². The Morgan fingerprint density at radius 3 is 1.04 bits per heavy atom. The Morgan fingerprint density at radius 2 is 0.699 bits per heavy atom. The Labute approximate surface area is 549 Å². The van der Waals surface area contributed by atoms with E-state index >= 15 is 0 Å². The van der Waals surface area contributed by atoms with Crippen LogP contribution in [0.3, 0.4) is 0 Å². The van der Waals surface area contributed by atoms with Crippen LogP contribution in [0.15, 0.2) is 121 Å². The number of rotatable bonds is 47. The Hall–Kier alpha value is -7.60. The SMILES string of the molecule is CCC(c1ccccc1)C(C(=O)NCCOCOCCOCC(C)N(C=O)C(C(C)C(=O)O)C(CC)c1ccccc1)C(C)C(=O)O.CCC(c1ccccc1)C(C(=O)NCOCCOCOCC(C)N(C=O)C(C(C)C(=O)O)C(CC)c1ccccc1)C(C)C(=O)O. The smallest absolute Gasteiger partial charge is 0.308 e. The predicted octanol–water partition coefficient (Wildman–Crippen LogP) is 9.50. The van der Waals surface area contributed by atoms with Crippen LogP contribution < -0.4 is 10.6 Å². The van der Waals surface area contributed by atoms with E-state index in [2.05, 4.69) is 10.6 Å². The predicted molar refractivity (Wildman–Crippen MR) is 351 cm³/mol. The number of nitrogens with zero attached hydrogens (tertiary/aromatic N) is 2. The quantitative estimate of drug-likeness (QED) is 0.0136. The maximum Gasteiger partial charge on any atom is 0.308 e. The topological polar surface area (TPSA) is 303 Å². The van der Waals surface area contributed by atoms with Gasteiger partial charge >= 0.3 is 23.9 Å². The van der Waals surface area contributed by atoms with Crippen molar-refractivity contribution in [2.45, 2.75) is 143 Å². The van der Waals surface area contributed by atoms with E-state index in [1.54, 1.807) is 39.5 Å². The summed E-state index contributed by atoms with van der Waals surface area (Å²) in [6.45, 7) is 19.1. The van der Waals surface area contributed by atoms with Crippen LogP contribution in [0.4, 0.5) is 0 Å². The van der Waals surface area contributed by atoms with Gasteiger partial charge in [0.25, 0.3) is 0 Å². The number of nitrogens with one attached hydrogen (secondary N) is 2. The molecule has 0 radical (unpaired) electrons. The third-order valence-corrected chi connectivity index (χ3v) is 17.3. The number of amides is 4. The largest absolute Gasteiger partial charge is 0.481 e. The molecule has 93 heavy (non-hydrogen) atoms. The van der Waals surface area contributed by atoms with Crippen LogP contribution in [0.25, 0.3) is 0 Å². The lowest BCUT2D eigenvalue weighted by Crippen LogP contribution is -2.51. The molecule has 6 N–H and O–H groups in total. The van der Waals surface area contributed by atoms with Crippen molar-refractivity contribution in [3.63, 3.8) is 0 Å². The molecule has 0 aliphatic heterocycles. The summed E-state index contributed by atoms with van der Waals surface area (Å²) in [6, 6.07) is 36.2. The Morgan fingerprint density at radius 1 is 0.398 bits per heavy atom. The van der Waals surface area contributed by atoms with Crippen molar-refractivity contribution in [2.75, 3.05) is 73.1 Å². The van der Waals surface area contributed by atoms with Gasteiger partial charge in [0, 0.05) is 18.4 Å². The Bertz CT molecular complexity index is 2790. The number of aliphatic carboxylic acids is 4. The molecule has 0 aliphatic carbocycles. The maximum absolute atomic E-state index is 13.1. The molecule has 4 aromatic carbocycles. The zero-order chi connectivity index (χ0) is 68.8. The lowest BCUT2D eigenvalue weighted by molar-refractivity contribution is -0.148. The minimum absolute atomic E-state index is 0.0285. The Kier molecular flexibility index (Phi) is 37.7. The molecule has 14 atom stereocenters. The van der Waals surface area contributed by atoms with E-state index < -0.39 is 83.4 Å². The molecule has 0 aromatic heterocycles. The highest BCUT2D eigenvalue weighted by Gasteiger charge is 2.41. The molecule has 0 heterocycles. The van der Waals surface area contributed by atoms with Crippen LogP contribution in [-0.4, -0.2) is 176 Å². The van der Waals surface area contributed by atoms with Crippen molar-refractivity contribution in [1.82, 2.24) is 20.4 Å². The molecule has 0 aliphatic rings. The lowest BCUT2D eigenvalue weighted by atomic mass is 9.76. The van der Waals surface area contributed by atoms with E-state index in [4.69, 9.17) is 28.4 Å². The first-order chi connectivity index (χ1) is 44.7. The fourth-order valence-corrected chi connectivity index (χ4v) is 12.1. The van der Waals surface area contributed by atoms with Crippen LogP contribution in [0.5, 0.6) is 0 Å². The van der Waals surface area contributed by atoms with Gasteiger partial charge in [-0.2, -0.15) is 0 Å². The van der Waals surface area contributed by atoms with Crippen LogP contribution in [-0.2, 0) is 66.8 Å². The number of benzene rings is 4. The number of carbonyl (C=O) groups excluding carboxylic acids is 4. The van der Waals surface area contributed by atoms with E-state index in [9.17, 15) is 58.8 Å². The normalized spacial score (nSPS) is 15.8. The summed E-state index contributed by atoms with van der Waals surface area (Å²) in [6.07, 6.45) is 3.94. The molecule has 514 valence electrons. The summed E-state index contributed by atoms with van der Waals surface area (Å²) in [5, 5.41) is 44.5. The number of hydrogen-bond acceptors (Lipinski definition) is 14. The first-order valence-electron chi connectivity index (χ1n) is 32.2. The van der Waals surface area contributed by atoms with Crippen molar-refractivity contribution in [3.05, 3.63) is 144 Å². The number of carboxylic acids is 4. The summed E-state index contributed by atoms with van der Waals surface area (Å²) in [5.74, 6) is -10.4.